The minimum absolute atomic E-state index is 0.161. The number of hydrogen-bond acceptors (Lipinski definition) is 4. The summed E-state index contributed by atoms with van der Waals surface area (Å²) in [5.41, 5.74) is -1.03. The number of rotatable bonds is 4. The van der Waals surface area contributed by atoms with Gasteiger partial charge in [0.15, 0.2) is 0 Å². The Bertz CT molecular complexity index is 535. The molecule has 0 aromatic carbocycles. The molecule has 1 unspecified atom stereocenters. The number of Topliss-reactive ketones (excluding diaryl/α,β-unsaturated/α-hetero) is 1. The lowest BCUT2D eigenvalue weighted by Crippen LogP contribution is -2.39. The molecule has 0 N–H and O–H groups in total. The van der Waals surface area contributed by atoms with Crippen molar-refractivity contribution in [1.82, 2.24) is 4.98 Å². The fourth-order valence-electron chi connectivity index (χ4n) is 2.51. The molecule has 1 aromatic heterocycles. The van der Waals surface area contributed by atoms with E-state index in [4.69, 9.17) is 5.26 Å². The molecule has 5 heteroatoms. The zero-order valence-electron chi connectivity index (χ0n) is 10.8. The zero-order chi connectivity index (χ0) is 13.9. The van der Waals surface area contributed by atoms with Crippen molar-refractivity contribution >= 4 is 17.5 Å². The molecular weight excluding hydrogens is 242 g/mol. The van der Waals surface area contributed by atoms with Crippen LogP contribution < -0.4 is 4.90 Å². The molecule has 0 radical (unpaired) electrons. The molecule has 19 heavy (non-hydrogen) atoms. The fraction of sp³-hybridized carbons (Fsp3) is 0.429. The van der Waals surface area contributed by atoms with Crippen LogP contribution in [0, 0.1) is 16.7 Å². The lowest BCUT2D eigenvalue weighted by Gasteiger charge is -2.23. The first kappa shape index (κ1) is 13.2. The van der Waals surface area contributed by atoms with Crippen LogP contribution in [0.15, 0.2) is 24.4 Å². The third-order valence-electron chi connectivity index (χ3n) is 3.68. The second kappa shape index (κ2) is 5.19. The van der Waals surface area contributed by atoms with Gasteiger partial charge in [-0.05, 0) is 31.9 Å². The number of carbonyl (C=O) groups excluding carboxylic acids is 2. The van der Waals surface area contributed by atoms with Gasteiger partial charge in [-0.15, -0.1) is 0 Å². The van der Waals surface area contributed by atoms with Crippen LogP contribution in [0.2, 0.25) is 0 Å². The Kier molecular flexibility index (Phi) is 3.61. The van der Waals surface area contributed by atoms with E-state index in [0.29, 0.717) is 25.2 Å². The summed E-state index contributed by atoms with van der Waals surface area (Å²) < 4.78 is 0. The van der Waals surface area contributed by atoms with Crippen LogP contribution in [0.5, 0.6) is 0 Å². The normalized spacial score (nSPS) is 22.3. The van der Waals surface area contributed by atoms with Crippen molar-refractivity contribution in [2.45, 2.75) is 26.2 Å². The van der Waals surface area contributed by atoms with Crippen molar-refractivity contribution in [1.29, 1.82) is 5.26 Å². The first-order valence-corrected chi connectivity index (χ1v) is 6.23. The highest BCUT2D eigenvalue weighted by Gasteiger charge is 2.50. The number of anilines is 1. The van der Waals surface area contributed by atoms with Crippen molar-refractivity contribution in [2.24, 2.45) is 5.41 Å². The lowest BCUT2D eigenvalue weighted by molar-refractivity contribution is -0.137. The predicted molar refractivity (Wildman–Crippen MR) is 69.2 cm³/mol. The molecule has 0 spiro atoms. The van der Waals surface area contributed by atoms with Crippen LogP contribution in [-0.4, -0.2) is 23.2 Å². The number of nitrogens with zero attached hydrogens (tertiary/aromatic N) is 3. The molecule has 0 bridgehead atoms. The SMILES string of the molecule is CC(=O)C1(CCC#N)CCN(c2ccccn2)C1=O. The van der Waals surface area contributed by atoms with E-state index in [-0.39, 0.29) is 18.1 Å². The number of carbonyl (C=O) groups is 2. The largest absolute Gasteiger partial charge is 0.299 e. The molecule has 1 amide bonds. The van der Waals surface area contributed by atoms with Gasteiger partial charge in [-0.25, -0.2) is 4.98 Å². The summed E-state index contributed by atoms with van der Waals surface area (Å²) >= 11 is 0. The van der Waals surface area contributed by atoms with E-state index in [1.807, 2.05) is 6.07 Å². The van der Waals surface area contributed by atoms with Crippen molar-refractivity contribution in [3.05, 3.63) is 24.4 Å². The molecule has 1 aromatic rings. The molecule has 1 fully saturated rings. The van der Waals surface area contributed by atoms with Gasteiger partial charge in [0, 0.05) is 19.2 Å². The van der Waals surface area contributed by atoms with Gasteiger partial charge in [-0.3, -0.25) is 14.5 Å². The van der Waals surface area contributed by atoms with Crippen LogP contribution in [0.25, 0.3) is 0 Å². The molecule has 0 aliphatic carbocycles. The summed E-state index contributed by atoms with van der Waals surface area (Å²) in [5.74, 6) is 0.174. The summed E-state index contributed by atoms with van der Waals surface area (Å²) in [6.45, 7) is 1.90. The maximum Gasteiger partial charge on any atom is 0.241 e. The Hall–Kier alpha value is -2.22. The average molecular weight is 257 g/mol. The standard InChI is InChI=1S/C14H15N3O2/c1-11(18)14(6-4-8-15)7-10-17(13(14)19)12-5-2-3-9-16-12/h2-3,5,9H,4,6-7,10H2,1H3. The summed E-state index contributed by atoms with van der Waals surface area (Å²) in [5, 5.41) is 8.69. The topological polar surface area (TPSA) is 74.1 Å². The maximum atomic E-state index is 12.5. The van der Waals surface area contributed by atoms with Gasteiger partial charge in [-0.1, -0.05) is 6.07 Å². The van der Waals surface area contributed by atoms with E-state index in [1.54, 1.807) is 29.3 Å². The van der Waals surface area contributed by atoms with E-state index in [2.05, 4.69) is 4.98 Å². The van der Waals surface area contributed by atoms with Gasteiger partial charge < -0.3 is 0 Å². The van der Waals surface area contributed by atoms with Crippen LogP contribution in [0.1, 0.15) is 26.2 Å². The van der Waals surface area contributed by atoms with Gasteiger partial charge in [0.05, 0.1) is 6.07 Å². The number of aromatic nitrogens is 1. The average Bonchev–Trinajstić information content (AvgIpc) is 2.76. The summed E-state index contributed by atoms with van der Waals surface area (Å²) in [4.78, 5) is 30.1. The van der Waals surface area contributed by atoms with Gasteiger partial charge >= 0.3 is 0 Å². The maximum absolute atomic E-state index is 12.5. The van der Waals surface area contributed by atoms with Crippen molar-refractivity contribution in [3.63, 3.8) is 0 Å². The second-order valence-electron chi connectivity index (χ2n) is 4.69. The Morgan fingerprint density at radius 2 is 2.37 bits per heavy atom. The van der Waals surface area contributed by atoms with E-state index < -0.39 is 5.41 Å². The Labute approximate surface area is 111 Å². The Morgan fingerprint density at radius 3 is 2.95 bits per heavy atom. The van der Waals surface area contributed by atoms with Crippen molar-refractivity contribution in [3.8, 4) is 6.07 Å². The summed E-state index contributed by atoms with van der Waals surface area (Å²) in [6.07, 6.45) is 2.58. The van der Waals surface area contributed by atoms with Crippen LogP contribution in [0.3, 0.4) is 0 Å². The fourth-order valence-corrected chi connectivity index (χ4v) is 2.51. The quantitative estimate of drug-likeness (QED) is 0.769. The predicted octanol–water partition coefficient (Wildman–Crippen LogP) is 1.70. The highest BCUT2D eigenvalue weighted by Crippen LogP contribution is 2.39. The number of amides is 1. The zero-order valence-corrected chi connectivity index (χ0v) is 10.8. The van der Waals surface area contributed by atoms with Crippen molar-refractivity contribution in [2.75, 3.05) is 11.4 Å². The molecular formula is C14H15N3O2. The van der Waals surface area contributed by atoms with Gasteiger partial charge in [-0.2, -0.15) is 5.26 Å². The Balaban J connectivity index is 2.29. The molecule has 2 heterocycles. The lowest BCUT2D eigenvalue weighted by atomic mass is 9.78. The van der Waals surface area contributed by atoms with Gasteiger partial charge in [0.2, 0.25) is 5.91 Å². The molecule has 5 nitrogen and oxygen atoms in total. The monoisotopic (exact) mass is 257 g/mol. The second-order valence-corrected chi connectivity index (χ2v) is 4.69. The van der Waals surface area contributed by atoms with Gasteiger partial charge in [0.1, 0.15) is 17.0 Å². The molecule has 1 atom stereocenters. The highest BCUT2D eigenvalue weighted by molar-refractivity contribution is 6.13. The number of ketones is 1. The number of hydrogen-bond donors (Lipinski definition) is 0. The molecule has 98 valence electrons. The van der Waals surface area contributed by atoms with Crippen LogP contribution >= 0.6 is 0 Å². The smallest absolute Gasteiger partial charge is 0.241 e. The van der Waals surface area contributed by atoms with E-state index in [0.717, 1.165) is 0 Å². The first-order chi connectivity index (χ1) is 9.12. The minimum atomic E-state index is -1.03. The molecule has 1 saturated heterocycles. The number of pyridine rings is 1. The summed E-state index contributed by atoms with van der Waals surface area (Å²) in [6, 6.07) is 7.34. The van der Waals surface area contributed by atoms with E-state index >= 15 is 0 Å². The third kappa shape index (κ3) is 2.22. The van der Waals surface area contributed by atoms with E-state index in [1.165, 1.54) is 6.92 Å². The molecule has 0 saturated carbocycles. The minimum Gasteiger partial charge on any atom is -0.299 e. The van der Waals surface area contributed by atoms with E-state index in [9.17, 15) is 9.59 Å². The highest BCUT2D eigenvalue weighted by atomic mass is 16.2. The molecule has 1 aliphatic rings. The third-order valence-corrected chi connectivity index (χ3v) is 3.68. The van der Waals surface area contributed by atoms with Crippen LogP contribution in [0.4, 0.5) is 5.82 Å². The molecule has 2 rings (SSSR count). The van der Waals surface area contributed by atoms with Crippen LogP contribution in [-0.2, 0) is 9.59 Å². The summed E-state index contributed by atoms with van der Waals surface area (Å²) in [7, 11) is 0. The first-order valence-electron chi connectivity index (χ1n) is 6.23. The Morgan fingerprint density at radius 1 is 1.58 bits per heavy atom. The van der Waals surface area contributed by atoms with Crippen molar-refractivity contribution < 1.29 is 9.59 Å². The number of nitriles is 1. The molecule has 1 aliphatic heterocycles. The van der Waals surface area contributed by atoms with Gasteiger partial charge in [0.25, 0.3) is 0 Å².